The van der Waals surface area contributed by atoms with Crippen LogP contribution in [0.1, 0.15) is 17.0 Å². The number of fused-ring (bicyclic) bond motifs is 1. The molecular weight excluding hydrogens is 366 g/mol. The molecule has 0 saturated carbocycles. The number of nitrogens with zero attached hydrogens (tertiary/aromatic N) is 2. The molecule has 3 aromatic rings. The summed E-state index contributed by atoms with van der Waals surface area (Å²) in [7, 11) is 1.56. The minimum Gasteiger partial charge on any atom is -0.497 e. The van der Waals surface area contributed by atoms with Crippen LogP contribution in [0.25, 0.3) is 11.3 Å². The highest BCUT2D eigenvalue weighted by molar-refractivity contribution is 5.71. The van der Waals surface area contributed by atoms with Gasteiger partial charge in [0.1, 0.15) is 29.0 Å². The van der Waals surface area contributed by atoms with E-state index in [0.29, 0.717) is 17.0 Å². The summed E-state index contributed by atoms with van der Waals surface area (Å²) in [5, 5.41) is 16.6. The molecule has 3 N–H and O–H groups in total. The van der Waals surface area contributed by atoms with Gasteiger partial charge in [0.2, 0.25) is 11.8 Å². The van der Waals surface area contributed by atoms with E-state index in [4.69, 9.17) is 15.2 Å². The van der Waals surface area contributed by atoms with Crippen molar-refractivity contribution < 1.29 is 18.3 Å². The van der Waals surface area contributed by atoms with Gasteiger partial charge in [0.15, 0.2) is 0 Å². The molecule has 2 aromatic carbocycles. The van der Waals surface area contributed by atoms with Crippen molar-refractivity contribution in [1.82, 2.24) is 10.2 Å². The second kappa shape index (κ2) is 6.70. The third-order valence-electron chi connectivity index (χ3n) is 4.59. The van der Waals surface area contributed by atoms with Crippen LogP contribution in [0.5, 0.6) is 11.6 Å². The van der Waals surface area contributed by atoms with E-state index in [1.807, 2.05) is 6.07 Å². The molecule has 6 nitrogen and oxygen atoms in total. The van der Waals surface area contributed by atoms with Crippen LogP contribution in [0.3, 0.4) is 0 Å². The van der Waals surface area contributed by atoms with Gasteiger partial charge in [-0.25, -0.2) is 8.78 Å². The summed E-state index contributed by atoms with van der Waals surface area (Å²) in [4.78, 5) is 0. The summed E-state index contributed by atoms with van der Waals surface area (Å²) >= 11 is 0. The summed E-state index contributed by atoms with van der Waals surface area (Å²) in [5.74, 6) is -1.78. The molecule has 0 radical (unpaired) electrons. The molecule has 0 bridgehead atoms. The van der Waals surface area contributed by atoms with Crippen molar-refractivity contribution in [2.45, 2.75) is 5.92 Å². The average molecular weight is 380 g/mol. The van der Waals surface area contributed by atoms with Crippen LogP contribution in [0.15, 0.2) is 53.9 Å². The summed E-state index contributed by atoms with van der Waals surface area (Å²) in [5.41, 5.74) is 7.69. The number of hydrogen-bond donors (Lipinski definition) is 2. The van der Waals surface area contributed by atoms with Gasteiger partial charge in [-0.15, -0.1) is 5.10 Å². The van der Waals surface area contributed by atoms with Gasteiger partial charge in [0.05, 0.1) is 24.3 Å². The van der Waals surface area contributed by atoms with E-state index in [1.165, 1.54) is 6.07 Å². The third kappa shape index (κ3) is 2.74. The highest BCUT2D eigenvalue weighted by Gasteiger charge is 2.37. The van der Waals surface area contributed by atoms with Crippen molar-refractivity contribution in [2.75, 3.05) is 7.11 Å². The Morgan fingerprint density at radius 1 is 1.21 bits per heavy atom. The van der Waals surface area contributed by atoms with Gasteiger partial charge in [-0.2, -0.15) is 5.26 Å². The highest BCUT2D eigenvalue weighted by Crippen LogP contribution is 2.46. The van der Waals surface area contributed by atoms with E-state index in [-0.39, 0.29) is 22.9 Å². The first kappa shape index (κ1) is 17.5. The SMILES string of the molecule is COc1ccc(-c2[nH]nc3c2[C@H](c2ccc(F)cc2F)C(C#N)=C(N)O3)cc1. The predicted octanol–water partition coefficient (Wildman–Crippen LogP) is 3.58. The van der Waals surface area contributed by atoms with Crippen LogP contribution in [0.2, 0.25) is 0 Å². The first-order chi connectivity index (χ1) is 13.5. The Morgan fingerprint density at radius 2 is 1.96 bits per heavy atom. The molecule has 0 aliphatic carbocycles. The molecule has 0 spiro atoms. The summed E-state index contributed by atoms with van der Waals surface area (Å²) in [6.07, 6.45) is 0. The number of halogens is 2. The van der Waals surface area contributed by atoms with E-state index in [2.05, 4.69) is 10.2 Å². The standard InChI is InChI=1S/C20H14F2N4O2/c1-27-12-5-2-10(3-6-12)18-17-16(13-7-4-11(21)8-15(13)22)14(9-23)19(24)28-20(17)26-25-18/h2-8,16H,24H2,1H3,(H,25,26)/t16-/m1/s1. The van der Waals surface area contributed by atoms with Crippen LogP contribution in [0, 0.1) is 23.0 Å². The van der Waals surface area contributed by atoms with Crippen molar-refractivity contribution in [3.05, 3.63) is 76.7 Å². The lowest BCUT2D eigenvalue weighted by Gasteiger charge is -2.24. The number of ether oxygens (including phenoxy) is 2. The van der Waals surface area contributed by atoms with Crippen molar-refractivity contribution >= 4 is 0 Å². The smallest absolute Gasteiger partial charge is 0.244 e. The van der Waals surface area contributed by atoms with Gasteiger partial charge < -0.3 is 15.2 Å². The third-order valence-corrected chi connectivity index (χ3v) is 4.59. The monoisotopic (exact) mass is 380 g/mol. The van der Waals surface area contributed by atoms with E-state index >= 15 is 0 Å². The number of nitrogens with two attached hydrogens (primary N) is 1. The van der Waals surface area contributed by atoms with Crippen molar-refractivity contribution in [3.63, 3.8) is 0 Å². The Morgan fingerprint density at radius 3 is 2.61 bits per heavy atom. The zero-order chi connectivity index (χ0) is 19.8. The van der Waals surface area contributed by atoms with Gasteiger partial charge >= 0.3 is 0 Å². The molecule has 4 rings (SSSR count). The van der Waals surface area contributed by atoms with Crippen LogP contribution in [0.4, 0.5) is 8.78 Å². The van der Waals surface area contributed by atoms with Gasteiger partial charge in [-0.3, -0.25) is 5.10 Å². The predicted molar refractivity (Wildman–Crippen MR) is 96.2 cm³/mol. The van der Waals surface area contributed by atoms with Crippen LogP contribution >= 0.6 is 0 Å². The number of hydrogen-bond acceptors (Lipinski definition) is 5. The van der Waals surface area contributed by atoms with Gasteiger partial charge in [0.25, 0.3) is 0 Å². The number of aromatic amines is 1. The summed E-state index contributed by atoms with van der Waals surface area (Å²) in [6, 6.07) is 12.3. The molecule has 1 aliphatic heterocycles. The first-order valence-corrected chi connectivity index (χ1v) is 8.28. The van der Waals surface area contributed by atoms with E-state index in [1.54, 1.807) is 31.4 Å². The molecule has 2 heterocycles. The number of allylic oxidation sites excluding steroid dienone is 1. The molecule has 140 valence electrons. The maximum Gasteiger partial charge on any atom is 0.244 e. The Bertz CT molecular complexity index is 1130. The summed E-state index contributed by atoms with van der Waals surface area (Å²) < 4.78 is 38.7. The van der Waals surface area contributed by atoms with E-state index < -0.39 is 17.6 Å². The Labute approximate surface area is 158 Å². The first-order valence-electron chi connectivity index (χ1n) is 8.28. The van der Waals surface area contributed by atoms with E-state index in [0.717, 1.165) is 17.7 Å². The second-order valence-corrected chi connectivity index (χ2v) is 6.14. The molecule has 0 saturated heterocycles. The Hall–Kier alpha value is -3.86. The molecule has 1 aromatic heterocycles. The average Bonchev–Trinajstić information content (AvgIpc) is 3.10. The number of nitrogens with one attached hydrogen (secondary N) is 1. The van der Waals surface area contributed by atoms with E-state index in [9.17, 15) is 14.0 Å². The lowest BCUT2D eigenvalue weighted by Crippen LogP contribution is -2.21. The Kier molecular flexibility index (Phi) is 4.20. The minimum absolute atomic E-state index is 0.0224. The van der Waals surface area contributed by atoms with Crippen LogP contribution in [-0.2, 0) is 0 Å². The molecule has 1 aliphatic rings. The molecule has 0 fully saturated rings. The number of rotatable bonds is 3. The lowest BCUT2D eigenvalue weighted by atomic mass is 9.82. The molecular formula is C20H14F2N4O2. The number of nitriles is 1. The fourth-order valence-electron chi connectivity index (χ4n) is 3.27. The van der Waals surface area contributed by atoms with Crippen molar-refractivity contribution in [3.8, 4) is 29.0 Å². The maximum absolute atomic E-state index is 14.6. The Balaban J connectivity index is 1.93. The molecule has 1 atom stereocenters. The zero-order valence-corrected chi connectivity index (χ0v) is 14.7. The normalized spacial score (nSPS) is 15.6. The number of methoxy groups -OCH3 is 1. The molecule has 0 unspecified atom stereocenters. The zero-order valence-electron chi connectivity index (χ0n) is 14.7. The fourth-order valence-corrected chi connectivity index (χ4v) is 3.27. The van der Waals surface area contributed by atoms with Gasteiger partial charge in [-0.05, 0) is 30.3 Å². The maximum atomic E-state index is 14.6. The highest BCUT2D eigenvalue weighted by atomic mass is 19.1. The number of aromatic nitrogens is 2. The van der Waals surface area contributed by atoms with Crippen molar-refractivity contribution in [1.29, 1.82) is 5.26 Å². The van der Waals surface area contributed by atoms with Crippen LogP contribution < -0.4 is 15.2 Å². The molecule has 0 amide bonds. The van der Waals surface area contributed by atoms with Crippen LogP contribution in [-0.4, -0.2) is 17.3 Å². The van der Waals surface area contributed by atoms with Gasteiger partial charge in [0, 0.05) is 17.2 Å². The molecule has 8 heteroatoms. The fraction of sp³-hybridized carbons (Fsp3) is 0.100. The van der Waals surface area contributed by atoms with Gasteiger partial charge in [-0.1, -0.05) is 6.07 Å². The van der Waals surface area contributed by atoms with Crippen molar-refractivity contribution in [2.24, 2.45) is 5.73 Å². The number of H-pyrrole nitrogens is 1. The second-order valence-electron chi connectivity index (χ2n) is 6.14. The lowest BCUT2D eigenvalue weighted by molar-refractivity contribution is 0.378. The topological polar surface area (TPSA) is 97.0 Å². The molecule has 28 heavy (non-hydrogen) atoms. The largest absolute Gasteiger partial charge is 0.497 e. The number of benzene rings is 2. The quantitative estimate of drug-likeness (QED) is 0.724. The summed E-state index contributed by atoms with van der Waals surface area (Å²) in [6.45, 7) is 0. The minimum atomic E-state index is -0.898.